The number of hydrogen-bond acceptors (Lipinski definition) is 3. The maximum atomic E-state index is 12.9. The van der Waals surface area contributed by atoms with Crippen LogP contribution in [-0.2, 0) is 10.0 Å². The van der Waals surface area contributed by atoms with Gasteiger partial charge in [0, 0.05) is 23.7 Å². The second-order valence-corrected chi connectivity index (χ2v) is 9.56. The minimum atomic E-state index is -3.58. The second kappa shape index (κ2) is 8.64. The van der Waals surface area contributed by atoms with Crippen molar-refractivity contribution < 1.29 is 13.2 Å². The lowest BCUT2D eigenvalue weighted by Gasteiger charge is -2.26. The van der Waals surface area contributed by atoms with E-state index in [2.05, 4.69) is 5.32 Å². The molecule has 5 nitrogen and oxygen atoms in total. The van der Waals surface area contributed by atoms with E-state index >= 15 is 0 Å². The summed E-state index contributed by atoms with van der Waals surface area (Å²) in [7, 11) is -3.58. The highest BCUT2D eigenvalue weighted by molar-refractivity contribution is 7.89. The Bertz CT molecular complexity index is 952. The minimum absolute atomic E-state index is 0.171. The summed E-state index contributed by atoms with van der Waals surface area (Å²) in [6.07, 6.45) is 2.80. The lowest BCUT2D eigenvalue weighted by molar-refractivity contribution is 0.0939. The van der Waals surface area contributed by atoms with Gasteiger partial charge in [-0.25, -0.2) is 8.42 Å². The fourth-order valence-corrected chi connectivity index (χ4v) is 5.04. The van der Waals surface area contributed by atoms with Crippen molar-refractivity contribution in [3.05, 3.63) is 64.2 Å². The van der Waals surface area contributed by atoms with E-state index in [4.69, 9.17) is 11.6 Å². The van der Waals surface area contributed by atoms with E-state index in [1.807, 2.05) is 19.1 Å². The number of sulfonamides is 1. The van der Waals surface area contributed by atoms with Crippen LogP contribution in [0.1, 0.15) is 53.7 Å². The summed E-state index contributed by atoms with van der Waals surface area (Å²) in [4.78, 5) is 13.0. The third-order valence-electron chi connectivity index (χ3n) is 5.12. The molecule has 1 N–H and O–H groups in total. The lowest BCUT2D eigenvalue weighted by Crippen LogP contribution is -2.35. The molecule has 1 aliphatic heterocycles. The van der Waals surface area contributed by atoms with Gasteiger partial charge in [0.05, 0.1) is 10.9 Å². The average molecular weight is 421 g/mol. The number of halogens is 1. The first-order valence-corrected chi connectivity index (χ1v) is 11.3. The molecule has 1 amide bonds. The number of piperidine rings is 1. The van der Waals surface area contributed by atoms with Crippen LogP contribution >= 0.6 is 11.6 Å². The van der Waals surface area contributed by atoms with Gasteiger partial charge in [0.2, 0.25) is 10.0 Å². The first-order chi connectivity index (χ1) is 13.3. The highest BCUT2D eigenvalue weighted by Crippen LogP contribution is 2.23. The molecule has 3 rings (SSSR count). The molecule has 1 heterocycles. The number of aryl methyl sites for hydroxylation is 1. The van der Waals surface area contributed by atoms with E-state index < -0.39 is 10.0 Å². The molecule has 1 aliphatic rings. The molecule has 0 radical (unpaired) electrons. The molecule has 0 unspecified atom stereocenters. The van der Waals surface area contributed by atoms with Gasteiger partial charge in [-0.3, -0.25) is 4.79 Å². The summed E-state index contributed by atoms with van der Waals surface area (Å²) >= 11 is 5.91. The average Bonchev–Trinajstić information content (AvgIpc) is 2.69. The zero-order valence-electron chi connectivity index (χ0n) is 16.1. The van der Waals surface area contributed by atoms with Crippen LogP contribution in [0, 0.1) is 6.92 Å². The fraction of sp³-hybridized carbons (Fsp3) is 0.381. The number of rotatable bonds is 5. The van der Waals surface area contributed by atoms with Crippen molar-refractivity contribution in [2.24, 2.45) is 0 Å². The zero-order valence-corrected chi connectivity index (χ0v) is 17.7. The normalized spacial score (nSPS) is 16.5. The number of amides is 1. The van der Waals surface area contributed by atoms with Gasteiger partial charge in [-0.15, -0.1) is 0 Å². The number of nitrogens with zero attached hydrogens (tertiary/aromatic N) is 1. The Morgan fingerprint density at radius 1 is 1.07 bits per heavy atom. The quantitative estimate of drug-likeness (QED) is 0.783. The molecule has 28 heavy (non-hydrogen) atoms. The predicted molar refractivity (Wildman–Crippen MR) is 111 cm³/mol. The first kappa shape index (κ1) is 20.8. The summed E-state index contributed by atoms with van der Waals surface area (Å²) < 4.78 is 27.4. The van der Waals surface area contributed by atoms with E-state index in [1.165, 1.54) is 10.4 Å². The van der Waals surface area contributed by atoms with Gasteiger partial charge in [0.1, 0.15) is 0 Å². The van der Waals surface area contributed by atoms with Crippen molar-refractivity contribution >= 4 is 27.5 Å². The smallest absolute Gasteiger partial charge is 0.252 e. The van der Waals surface area contributed by atoms with Crippen LogP contribution in [0.4, 0.5) is 0 Å². The summed E-state index contributed by atoms with van der Waals surface area (Å²) in [6, 6.07) is 11.8. The van der Waals surface area contributed by atoms with Gasteiger partial charge in [-0.2, -0.15) is 4.31 Å². The lowest BCUT2D eigenvalue weighted by atomic mass is 10.1. The number of hydrogen-bond donors (Lipinski definition) is 1. The molecule has 7 heteroatoms. The predicted octanol–water partition coefficient (Wildman–Crippen LogP) is 4.31. The first-order valence-electron chi connectivity index (χ1n) is 9.46. The molecule has 0 bridgehead atoms. The molecule has 1 saturated heterocycles. The zero-order chi connectivity index (χ0) is 20.3. The molecule has 0 aliphatic carbocycles. The van der Waals surface area contributed by atoms with Crippen LogP contribution < -0.4 is 5.32 Å². The Morgan fingerprint density at radius 2 is 1.71 bits per heavy atom. The van der Waals surface area contributed by atoms with E-state index in [0.29, 0.717) is 23.7 Å². The Morgan fingerprint density at radius 3 is 2.36 bits per heavy atom. The Labute approximate surface area is 171 Å². The fourth-order valence-electron chi connectivity index (χ4n) is 3.37. The monoisotopic (exact) mass is 420 g/mol. The summed E-state index contributed by atoms with van der Waals surface area (Å²) in [5.41, 5.74) is 2.03. The third kappa shape index (κ3) is 4.57. The van der Waals surface area contributed by atoms with Crippen molar-refractivity contribution in [3.8, 4) is 0 Å². The summed E-state index contributed by atoms with van der Waals surface area (Å²) in [5, 5.41) is 3.57. The molecule has 0 spiro atoms. The van der Waals surface area contributed by atoms with Crippen molar-refractivity contribution in [3.63, 3.8) is 0 Å². The molecule has 0 aromatic heterocycles. The van der Waals surface area contributed by atoms with E-state index in [1.54, 1.807) is 31.2 Å². The summed E-state index contributed by atoms with van der Waals surface area (Å²) in [6.45, 7) is 4.75. The van der Waals surface area contributed by atoms with Crippen molar-refractivity contribution in [2.45, 2.75) is 44.0 Å². The molecule has 150 valence electrons. The van der Waals surface area contributed by atoms with Crippen LogP contribution in [0.2, 0.25) is 5.02 Å². The van der Waals surface area contributed by atoms with Gasteiger partial charge in [0.15, 0.2) is 0 Å². The number of carbonyl (C=O) groups excluding carboxylic acids is 1. The van der Waals surface area contributed by atoms with E-state index in [9.17, 15) is 13.2 Å². The Kier molecular flexibility index (Phi) is 6.43. The van der Waals surface area contributed by atoms with Gasteiger partial charge >= 0.3 is 0 Å². The van der Waals surface area contributed by atoms with Crippen LogP contribution in [0.5, 0.6) is 0 Å². The number of carbonyl (C=O) groups is 1. The van der Waals surface area contributed by atoms with Crippen molar-refractivity contribution in [1.82, 2.24) is 9.62 Å². The van der Waals surface area contributed by atoms with Crippen molar-refractivity contribution in [1.29, 1.82) is 0 Å². The van der Waals surface area contributed by atoms with E-state index in [-0.39, 0.29) is 16.8 Å². The largest absolute Gasteiger partial charge is 0.346 e. The minimum Gasteiger partial charge on any atom is -0.346 e. The Balaban J connectivity index is 1.82. The highest BCUT2D eigenvalue weighted by atomic mass is 35.5. The van der Waals surface area contributed by atoms with Crippen LogP contribution in [0.3, 0.4) is 0 Å². The summed E-state index contributed by atoms with van der Waals surface area (Å²) in [5.74, 6) is -0.296. The molecular formula is C21H25ClN2O3S. The molecule has 2 aromatic carbocycles. The Hall–Kier alpha value is -1.89. The number of benzene rings is 2. The van der Waals surface area contributed by atoms with Gasteiger partial charge in [-0.1, -0.05) is 36.2 Å². The molecule has 0 saturated carbocycles. The number of nitrogens with one attached hydrogen (secondary N) is 1. The molecular weight excluding hydrogens is 396 g/mol. The van der Waals surface area contributed by atoms with Crippen LogP contribution in [-0.4, -0.2) is 31.7 Å². The maximum absolute atomic E-state index is 12.9. The van der Waals surface area contributed by atoms with Crippen LogP contribution in [0.15, 0.2) is 47.4 Å². The second-order valence-electron chi connectivity index (χ2n) is 7.19. The van der Waals surface area contributed by atoms with Crippen molar-refractivity contribution in [2.75, 3.05) is 13.1 Å². The van der Waals surface area contributed by atoms with Gasteiger partial charge < -0.3 is 5.32 Å². The molecule has 1 atom stereocenters. The SMILES string of the molecule is Cc1ccc(S(=O)(=O)N2CCCCC2)cc1C(=O)N[C@@H](C)c1ccc(Cl)cc1. The standard InChI is InChI=1S/C21H25ClN2O3S/c1-15-6-11-19(28(26,27)24-12-4-3-5-13-24)14-20(15)21(25)23-16(2)17-7-9-18(22)10-8-17/h6-11,14,16H,3-5,12-13H2,1-2H3,(H,23,25)/t16-/m0/s1. The third-order valence-corrected chi connectivity index (χ3v) is 7.27. The van der Waals surface area contributed by atoms with Gasteiger partial charge in [0.25, 0.3) is 5.91 Å². The molecule has 2 aromatic rings. The van der Waals surface area contributed by atoms with E-state index in [0.717, 1.165) is 30.4 Å². The topological polar surface area (TPSA) is 66.5 Å². The molecule has 1 fully saturated rings. The maximum Gasteiger partial charge on any atom is 0.252 e. The highest BCUT2D eigenvalue weighted by Gasteiger charge is 2.27. The van der Waals surface area contributed by atoms with Gasteiger partial charge in [-0.05, 0) is 62.1 Å². The van der Waals surface area contributed by atoms with Crippen LogP contribution in [0.25, 0.3) is 0 Å².